The lowest BCUT2D eigenvalue weighted by Crippen LogP contribution is -2.52. The molecule has 34 heavy (non-hydrogen) atoms. The highest BCUT2D eigenvalue weighted by molar-refractivity contribution is 5.90. The molecular weight excluding hydrogens is 439 g/mol. The van der Waals surface area contributed by atoms with Crippen molar-refractivity contribution in [1.29, 1.82) is 0 Å². The molecule has 2 aromatic rings. The Balaban J connectivity index is 1.55. The topological polar surface area (TPSA) is 87.2 Å². The van der Waals surface area contributed by atoms with Gasteiger partial charge in [-0.1, -0.05) is 30.3 Å². The highest BCUT2D eigenvalue weighted by Gasteiger charge is 2.48. The van der Waals surface area contributed by atoms with Crippen molar-refractivity contribution in [3.8, 4) is 0 Å². The molecule has 2 aromatic carbocycles. The van der Waals surface area contributed by atoms with Crippen LogP contribution < -0.4 is 4.90 Å². The van der Waals surface area contributed by atoms with Gasteiger partial charge in [-0.25, -0.2) is 9.18 Å². The monoisotopic (exact) mass is 468 g/mol. The number of halogens is 1. The first-order valence-electron chi connectivity index (χ1n) is 11.7. The van der Waals surface area contributed by atoms with Crippen molar-refractivity contribution < 1.29 is 28.6 Å². The summed E-state index contributed by atoms with van der Waals surface area (Å²) in [5, 5.41) is 8.97. The normalized spacial score (nSPS) is 20.9. The van der Waals surface area contributed by atoms with Crippen LogP contribution in [-0.2, 0) is 27.4 Å². The Kier molecular flexibility index (Phi) is 7.14. The second-order valence-corrected chi connectivity index (χ2v) is 8.83. The molecule has 1 saturated carbocycles. The average molecular weight is 469 g/mol. The van der Waals surface area contributed by atoms with Crippen LogP contribution in [0.15, 0.2) is 48.5 Å². The molecule has 0 radical (unpaired) electrons. The van der Waals surface area contributed by atoms with Gasteiger partial charge in [-0.2, -0.15) is 0 Å². The van der Waals surface area contributed by atoms with E-state index in [0.717, 1.165) is 30.5 Å². The molecule has 0 saturated heterocycles. The zero-order valence-electron chi connectivity index (χ0n) is 19.2. The Morgan fingerprint density at radius 3 is 2.53 bits per heavy atom. The summed E-state index contributed by atoms with van der Waals surface area (Å²) >= 11 is 0. The molecule has 7 nitrogen and oxygen atoms in total. The minimum Gasteiger partial charge on any atom is -0.481 e. The molecule has 180 valence electrons. The van der Waals surface area contributed by atoms with Crippen LogP contribution in [0.1, 0.15) is 43.7 Å². The Labute approximate surface area is 198 Å². The van der Waals surface area contributed by atoms with Crippen molar-refractivity contribution in [3.63, 3.8) is 0 Å². The number of hydrogen-bond acceptors (Lipinski definition) is 4. The number of carboxylic acids is 1. The number of carboxylic acid groups (broad SMARTS) is 1. The third-order valence-electron chi connectivity index (χ3n) is 6.87. The lowest BCUT2D eigenvalue weighted by atomic mass is 9.85. The minimum absolute atomic E-state index is 0.0296. The Morgan fingerprint density at radius 2 is 1.82 bits per heavy atom. The van der Waals surface area contributed by atoms with Crippen molar-refractivity contribution in [2.24, 2.45) is 5.92 Å². The first-order valence-corrected chi connectivity index (χ1v) is 11.7. The van der Waals surface area contributed by atoms with E-state index in [0.29, 0.717) is 12.1 Å². The van der Waals surface area contributed by atoms with E-state index in [1.807, 2.05) is 31.2 Å². The number of anilines is 1. The number of ether oxygens (including phenoxy) is 1. The molecule has 0 spiro atoms. The summed E-state index contributed by atoms with van der Waals surface area (Å²) in [4.78, 5) is 40.5. The molecule has 1 N–H and O–H groups in total. The Morgan fingerprint density at radius 1 is 1.09 bits per heavy atom. The van der Waals surface area contributed by atoms with E-state index in [-0.39, 0.29) is 49.2 Å². The maximum atomic E-state index is 13.3. The SMILES string of the molecule is CCN(C(=O)CCC(=O)O)C1CCC2C1Cc1ccccc1N2C(=O)OCc1ccc(F)cc1. The van der Waals surface area contributed by atoms with Gasteiger partial charge in [0, 0.05) is 31.0 Å². The molecular formula is C26H29FN2O5. The molecule has 3 atom stereocenters. The third-order valence-corrected chi connectivity index (χ3v) is 6.87. The summed E-state index contributed by atoms with van der Waals surface area (Å²) < 4.78 is 18.8. The van der Waals surface area contributed by atoms with Crippen LogP contribution in [0, 0.1) is 11.7 Å². The molecule has 3 unspecified atom stereocenters. The summed E-state index contributed by atoms with van der Waals surface area (Å²) in [6.07, 6.45) is 1.50. The maximum Gasteiger partial charge on any atom is 0.414 e. The van der Waals surface area contributed by atoms with Crippen LogP contribution in [0.25, 0.3) is 0 Å². The number of rotatable bonds is 7. The number of carbonyl (C=O) groups excluding carboxylic acids is 2. The van der Waals surface area contributed by atoms with Crippen molar-refractivity contribution in [1.82, 2.24) is 4.90 Å². The zero-order valence-corrected chi connectivity index (χ0v) is 19.2. The van der Waals surface area contributed by atoms with Crippen molar-refractivity contribution in [3.05, 3.63) is 65.5 Å². The smallest absolute Gasteiger partial charge is 0.414 e. The van der Waals surface area contributed by atoms with Crippen molar-refractivity contribution in [2.45, 2.75) is 57.7 Å². The van der Waals surface area contributed by atoms with Gasteiger partial charge in [-0.15, -0.1) is 0 Å². The fraction of sp³-hybridized carbons (Fsp3) is 0.423. The van der Waals surface area contributed by atoms with Crippen LogP contribution in [-0.4, -0.2) is 46.6 Å². The van der Waals surface area contributed by atoms with Crippen LogP contribution in [0.5, 0.6) is 0 Å². The largest absolute Gasteiger partial charge is 0.481 e. The summed E-state index contributed by atoms with van der Waals surface area (Å²) in [6, 6.07) is 13.4. The molecule has 1 aliphatic heterocycles. The molecule has 1 aliphatic carbocycles. The molecule has 8 heteroatoms. The van der Waals surface area contributed by atoms with Gasteiger partial charge in [0.2, 0.25) is 5.91 Å². The van der Waals surface area contributed by atoms with Gasteiger partial charge in [0.25, 0.3) is 0 Å². The van der Waals surface area contributed by atoms with E-state index in [1.165, 1.54) is 12.1 Å². The zero-order chi connectivity index (χ0) is 24.2. The number of amides is 2. The number of nitrogens with zero attached hydrogens (tertiary/aromatic N) is 2. The maximum absolute atomic E-state index is 13.3. The van der Waals surface area contributed by atoms with Gasteiger partial charge in [-0.3, -0.25) is 14.5 Å². The van der Waals surface area contributed by atoms with Crippen LogP contribution >= 0.6 is 0 Å². The van der Waals surface area contributed by atoms with Crippen LogP contribution in [0.4, 0.5) is 14.9 Å². The average Bonchev–Trinajstić information content (AvgIpc) is 3.24. The van der Waals surface area contributed by atoms with E-state index >= 15 is 0 Å². The minimum atomic E-state index is -0.990. The highest BCUT2D eigenvalue weighted by Crippen LogP contribution is 2.44. The quantitative estimate of drug-likeness (QED) is 0.652. The molecule has 1 heterocycles. The van der Waals surface area contributed by atoms with E-state index in [2.05, 4.69) is 0 Å². The van der Waals surface area contributed by atoms with Gasteiger partial charge in [0.05, 0.1) is 12.1 Å². The second-order valence-electron chi connectivity index (χ2n) is 8.83. The van der Waals surface area contributed by atoms with Crippen LogP contribution in [0.3, 0.4) is 0 Å². The first-order chi connectivity index (χ1) is 16.4. The van der Waals surface area contributed by atoms with E-state index in [1.54, 1.807) is 21.9 Å². The third kappa shape index (κ3) is 4.90. The summed E-state index contributed by atoms with van der Waals surface area (Å²) in [5.41, 5.74) is 2.53. The predicted molar refractivity (Wildman–Crippen MR) is 124 cm³/mol. The molecule has 2 aliphatic rings. The summed E-state index contributed by atoms with van der Waals surface area (Å²) in [7, 11) is 0. The van der Waals surface area contributed by atoms with Crippen molar-refractivity contribution >= 4 is 23.7 Å². The second kappa shape index (κ2) is 10.2. The van der Waals surface area contributed by atoms with Gasteiger partial charge >= 0.3 is 12.1 Å². The fourth-order valence-corrected chi connectivity index (χ4v) is 5.34. The number of aliphatic carboxylic acids is 1. The van der Waals surface area contributed by atoms with E-state index < -0.39 is 12.1 Å². The molecule has 4 rings (SSSR count). The van der Waals surface area contributed by atoms with E-state index in [9.17, 15) is 18.8 Å². The number of hydrogen-bond donors (Lipinski definition) is 1. The predicted octanol–water partition coefficient (Wildman–Crippen LogP) is 4.39. The summed E-state index contributed by atoms with van der Waals surface area (Å²) in [5.74, 6) is -1.48. The highest BCUT2D eigenvalue weighted by atomic mass is 19.1. The Hall–Kier alpha value is -3.42. The van der Waals surface area contributed by atoms with Crippen LogP contribution in [0.2, 0.25) is 0 Å². The summed E-state index contributed by atoms with van der Waals surface area (Å²) in [6.45, 7) is 2.42. The lowest BCUT2D eigenvalue weighted by Gasteiger charge is -2.42. The number of fused-ring (bicyclic) bond motifs is 2. The fourth-order valence-electron chi connectivity index (χ4n) is 5.34. The van der Waals surface area contributed by atoms with Gasteiger partial charge in [0.1, 0.15) is 12.4 Å². The molecule has 0 bridgehead atoms. The number of benzene rings is 2. The van der Waals surface area contributed by atoms with E-state index in [4.69, 9.17) is 9.84 Å². The number of para-hydroxylation sites is 1. The van der Waals surface area contributed by atoms with Crippen molar-refractivity contribution in [2.75, 3.05) is 11.4 Å². The molecule has 0 aromatic heterocycles. The molecule has 2 amide bonds. The number of carbonyl (C=O) groups is 3. The lowest BCUT2D eigenvalue weighted by molar-refractivity contribution is -0.142. The molecule has 1 fully saturated rings. The standard InChI is InChI=1S/C26H29FN2O5/c1-2-28(24(30)13-14-25(31)32)22-11-12-23-20(22)15-18-5-3-4-6-21(18)29(23)26(33)34-16-17-7-9-19(27)10-8-17/h3-10,20,22-23H,2,11-16H2,1H3,(H,31,32). The van der Waals surface area contributed by atoms with Gasteiger partial charge in [-0.05, 0) is 55.5 Å². The first kappa shape index (κ1) is 23.7. The van der Waals surface area contributed by atoms with Gasteiger partial charge < -0.3 is 14.7 Å². The Bertz CT molecular complexity index is 1060. The van der Waals surface area contributed by atoms with Gasteiger partial charge in [0.15, 0.2) is 0 Å².